The number of aromatic nitrogens is 1. The molecule has 102 valence electrons. The molecule has 6 heteroatoms. The number of unbranched alkanes of at least 4 members (excludes halogenated alkanes) is 3. The molecule has 0 amide bonds. The number of benzene rings is 1. The van der Waals surface area contributed by atoms with Crippen LogP contribution in [0.5, 0.6) is 0 Å². The summed E-state index contributed by atoms with van der Waals surface area (Å²) < 4.78 is 5.46. The van der Waals surface area contributed by atoms with Crippen molar-refractivity contribution >= 4 is 22.8 Å². The fraction of sp³-hybridized carbons (Fsp3) is 0.462. The lowest BCUT2D eigenvalue weighted by atomic mass is 10.2. The van der Waals surface area contributed by atoms with Gasteiger partial charge in [-0.3, -0.25) is 10.1 Å². The molecule has 0 spiro atoms. The summed E-state index contributed by atoms with van der Waals surface area (Å²) in [6, 6.07) is 4.83. The molecule has 1 N–H and O–H groups in total. The molecular weight excluding hydrogens is 246 g/mol. The predicted octanol–water partition coefficient (Wildman–Crippen LogP) is 3.73. The van der Waals surface area contributed by atoms with Gasteiger partial charge in [0.1, 0.15) is 5.52 Å². The molecule has 1 aromatic heterocycles. The maximum atomic E-state index is 10.7. The van der Waals surface area contributed by atoms with Crippen molar-refractivity contribution in [1.29, 1.82) is 0 Å². The van der Waals surface area contributed by atoms with Crippen molar-refractivity contribution in [2.75, 3.05) is 11.9 Å². The second-order valence-electron chi connectivity index (χ2n) is 4.42. The van der Waals surface area contributed by atoms with Crippen LogP contribution in [0.25, 0.3) is 11.1 Å². The van der Waals surface area contributed by atoms with E-state index in [0.29, 0.717) is 17.1 Å². The number of nitro benzene ring substituents is 1. The van der Waals surface area contributed by atoms with E-state index in [9.17, 15) is 10.1 Å². The Morgan fingerprint density at radius 1 is 1.37 bits per heavy atom. The van der Waals surface area contributed by atoms with E-state index in [1.54, 1.807) is 6.07 Å². The molecule has 0 bridgehead atoms. The van der Waals surface area contributed by atoms with E-state index in [0.717, 1.165) is 13.0 Å². The molecule has 0 atom stereocenters. The summed E-state index contributed by atoms with van der Waals surface area (Å²) in [5.41, 5.74) is 1.09. The average Bonchev–Trinajstić information content (AvgIpc) is 2.80. The van der Waals surface area contributed by atoms with Gasteiger partial charge < -0.3 is 9.73 Å². The molecule has 19 heavy (non-hydrogen) atoms. The van der Waals surface area contributed by atoms with Crippen molar-refractivity contribution in [1.82, 2.24) is 4.98 Å². The molecule has 2 aromatic rings. The van der Waals surface area contributed by atoms with Crippen LogP contribution < -0.4 is 5.32 Å². The number of nitrogens with zero attached hydrogens (tertiary/aromatic N) is 2. The Morgan fingerprint density at radius 2 is 2.21 bits per heavy atom. The molecule has 0 aliphatic carbocycles. The molecule has 0 fully saturated rings. The van der Waals surface area contributed by atoms with E-state index < -0.39 is 4.92 Å². The second-order valence-corrected chi connectivity index (χ2v) is 4.42. The number of nitro groups is 1. The van der Waals surface area contributed by atoms with Crippen LogP contribution in [0.15, 0.2) is 22.6 Å². The van der Waals surface area contributed by atoms with Gasteiger partial charge in [-0.2, -0.15) is 4.98 Å². The third-order valence-electron chi connectivity index (χ3n) is 2.89. The maximum absolute atomic E-state index is 10.7. The summed E-state index contributed by atoms with van der Waals surface area (Å²) in [5.74, 6) is 0. The smallest absolute Gasteiger partial charge is 0.295 e. The molecule has 0 saturated carbocycles. The number of oxazole rings is 1. The van der Waals surface area contributed by atoms with E-state index in [1.807, 2.05) is 0 Å². The minimum atomic E-state index is -0.439. The predicted molar refractivity (Wildman–Crippen MR) is 73.3 cm³/mol. The van der Waals surface area contributed by atoms with Gasteiger partial charge in [-0.05, 0) is 12.5 Å². The van der Waals surface area contributed by atoms with E-state index in [4.69, 9.17) is 4.42 Å². The third-order valence-corrected chi connectivity index (χ3v) is 2.89. The summed E-state index contributed by atoms with van der Waals surface area (Å²) in [6.07, 6.45) is 4.66. The highest BCUT2D eigenvalue weighted by Gasteiger charge is 2.11. The van der Waals surface area contributed by atoms with E-state index >= 15 is 0 Å². The van der Waals surface area contributed by atoms with Gasteiger partial charge in [0.2, 0.25) is 0 Å². The van der Waals surface area contributed by atoms with Crippen LogP contribution in [0.3, 0.4) is 0 Å². The number of hydrogen-bond acceptors (Lipinski definition) is 5. The van der Waals surface area contributed by atoms with Gasteiger partial charge in [0.15, 0.2) is 5.58 Å². The van der Waals surface area contributed by atoms with Crippen molar-refractivity contribution in [2.24, 2.45) is 0 Å². The summed E-state index contributed by atoms with van der Waals surface area (Å²) in [4.78, 5) is 14.4. The topological polar surface area (TPSA) is 81.2 Å². The van der Waals surface area contributed by atoms with Crippen molar-refractivity contribution in [3.8, 4) is 0 Å². The number of rotatable bonds is 7. The lowest BCUT2D eigenvalue weighted by Gasteiger charge is -2.00. The lowest BCUT2D eigenvalue weighted by Crippen LogP contribution is -2.01. The van der Waals surface area contributed by atoms with Crippen LogP contribution in [0.4, 0.5) is 11.7 Å². The molecule has 0 aliphatic rings. The van der Waals surface area contributed by atoms with E-state index in [1.165, 1.54) is 31.4 Å². The third kappa shape index (κ3) is 3.43. The molecule has 1 aromatic carbocycles. The molecular formula is C13H17N3O3. The molecule has 0 radical (unpaired) electrons. The molecule has 1 heterocycles. The van der Waals surface area contributed by atoms with Crippen LogP contribution >= 0.6 is 0 Å². The van der Waals surface area contributed by atoms with Crippen LogP contribution in [0, 0.1) is 10.1 Å². The first-order chi connectivity index (χ1) is 9.20. The van der Waals surface area contributed by atoms with Gasteiger partial charge in [-0.25, -0.2) is 0 Å². The summed E-state index contributed by atoms with van der Waals surface area (Å²) in [5, 5.41) is 13.7. The van der Waals surface area contributed by atoms with Gasteiger partial charge in [-0.15, -0.1) is 0 Å². The number of hydrogen-bond donors (Lipinski definition) is 1. The highest BCUT2D eigenvalue weighted by atomic mass is 16.6. The molecule has 0 unspecified atom stereocenters. The Morgan fingerprint density at radius 3 is 2.95 bits per heavy atom. The first-order valence-electron chi connectivity index (χ1n) is 6.49. The zero-order valence-electron chi connectivity index (χ0n) is 10.9. The number of nitrogens with one attached hydrogen (secondary N) is 1. The number of fused-ring (bicyclic) bond motifs is 1. The largest absolute Gasteiger partial charge is 0.424 e. The molecule has 0 aliphatic heterocycles. The summed E-state index contributed by atoms with van der Waals surface area (Å²) in [7, 11) is 0. The average molecular weight is 263 g/mol. The van der Waals surface area contributed by atoms with Gasteiger partial charge in [-0.1, -0.05) is 26.2 Å². The van der Waals surface area contributed by atoms with Crippen molar-refractivity contribution in [3.05, 3.63) is 28.3 Å². The van der Waals surface area contributed by atoms with Gasteiger partial charge in [0, 0.05) is 18.7 Å². The quantitative estimate of drug-likeness (QED) is 0.467. The Hall–Kier alpha value is -2.11. The molecule has 6 nitrogen and oxygen atoms in total. The molecule has 0 saturated heterocycles. The van der Waals surface area contributed by atoms with Gasteiger partial charge >= 0.3 is 0 Å². The van der Waals surface area contributed by atoms with Crippen LogP contribution in [-0.2, 0) is 0 Å². The van der Waals surface area contributed by atoms with Crippen molar-refractivity contribution in [3.63, 3.8) is 0 Å². The normalized spacial score (nSPS) is 10.8. The zero-order valence-corrected chi connectivity index (χ0v) is 10.9. The second kappa shape index (κ2) is 6.17. The van der Waals surface area contributed by atoms with Crippen LogP contribution in [0.2, 0.25) is 0 Å². The highest BCUT2D eigenvalue weighted by Crippen LogP contribution is 2.23. The minimum Gasteiger partial charge on any atom is -0.424 e. The van der Waals surface area contributed by atoms with Crippen molar-refractivity contribution < 1.29 is 9.34 Å². The monoisotopic (exact) mass is 263 g/mol. The molecule has 2 rings (SSSR count). The fourth-order valence-electron chi connectivity index (χ4n) is 1.85. The number of anilines is 1. The fourth-order valence-corrected chi connectivity index (χ4v) is 1.85. The van der Waals surface area contributed by atoms with Gasteiger partial charge in [0.05, 0.1) is 4.92 Å². The van der Waals surface area contributed by atoms with E-state index in [-0.39, 0.29) is 5.69 Å². The van der Waals surface area contributed by atoms with Crippen molar-refractivity contribution in [2.45, 2.75) is 32.6 Å². The zero-order chi connectivity index (χ0) is 13.7. The standard InChI is InChI=1S/C13H17N3O3/c1-2-3-4-5-8-14-13-15-11-9-10(16(17)18)6-7-12(11)19-13/h6-7,9H,2-5,8H2,1H3,(H,14,15). The minimum absolute atomic E-state index is 0.0234. The SMILES string of the molecule is CCCCCCNc1nc2cc([N+](=O)[O-])ccc2o1. The Labute approximate surface area is 111 Å². The van der Waals surface area contributed by atoms with Gasteiger partial charge in [0.25, 0.3) is 11.7 Å². The van der Waals surface area contributed by atoms with Crippen LogP contribution in [0.1, 0.15) is 32.6 Å². The Kier molecular flexibility index (Phi) is 4.33. The lowest BCUT2D eigenvalue weighted by molar-refractivity contribution is -0.384. The van der Waals surface area contributed by atoms with E-state index in [2.05, 4.69) is 17.2 Å². The first kappa shape index (κ1) is 13.3. The Balaban J connectivity index is 1.99. The van der Waals surface area contributed by atoms with Crippen LogP contribution in [-0.4, -0.2) is 16.5 Å². The maximum Gasteiger partial charge on any atom is 0.295 e. The summed E-state index contributed by atoms with van der Waals surface area (Å²) >= 11 is 0. The number of non-ortho nitro benzene ring substituents is 1. The highest BCUT2D eigenvalue weighted by molar-refractivity contribution is 5.77. The Bertz CT molecular complexity index is 565. The first-order valence-corrected chi connectivity index (χ1v) is 6.49. The summed E-state index contributed by atoms with van der Waals surface area (Å²) in [6.45, 7) is 2.97.